The third-order valence-corrected chi connectivity index (χ3v) is 6.96. The average molecular weight is 416 g/mol. The van der Waals surface area contributed by atoms with E-state index in [2.05, 4.69) is 21.8 Å². The molecular formula is C22H29N3O3S. The fourth-order valence-electron chi connectivity index (χ4n) is 3.71. The molecule has 1 heterocycles. The van der Waals surface area contributed by atoms with Gasteiger partial charge in [-0.2, -0.15) is 0 Å². The molecule has 0 saturated carbocycles. The van der Waals surface area contributed by atoms with Crippen molar-refractivity contribution in [2.45, 2.75) is 30.2 Å². The molecule has 0 spiro atoms. The second-order valence-electron chi connectivity index (χ2n) is 7.47. The first-order valence-electron chi connectivity index (χ1n) is 9.96. The van der Waals surface area contributed by atoms with Crippen LogP contribution in [0.2, 0.25) is 0 Å². The summed E-state index contributed by atoms with van der Waals surface area (Å²) in [6.45, 7) is 2.98. The van der Waals surface area contributed by atoms with Gasteiger partial charge in [0.05, 0.1) is 17.4 Å². The zero-order valence-corrected chi connectivity index (χ0v) is 17.9. The summed E-state index contributed by atoms with van der Waals surface area (Å²) in [5, 5.41) is 0. The Bertz CT molecular complexity index is 908. The van der Waals surface area contributed by atoms with Gasteiger partial charge in [-0.15, -0.1) is 0 Å². The van der Waals surface area contributed by atoms with Crippen LogP contribution in [0.4, 0.5) is 0 Å². The zero-order chi connectivity index (χ0) is 20.9. The Hall–Kier alpha value is -2.22. The molecular weight excluding hydrogens is 386 g/mol. The monoisotopic (exact) mass is 415 g/mol. The van der Waals surface area contributed by atoms with Gasteiger partial charge in [0.25, 0.3) is 0 Å². The lowest BCUT2D eigenvalue weighted by Crippen LogP contribution is -2.39. The summed E-state index contributed by atoms with van der Waals surface area (Å²) < 4.78 is 26.0. The number of carbonyl (C=O) groups is 1. The van der Waals surface area contributed by atoms with Gasteiger partial charge in [0.1, 0.15) is 0 Å². The standard InChI is InChI=1S/C22H29N3O3S/c1-23-29(27,28)20-12-10-18(11-13-20)16-22(26)24(2)21(17-25-14-6-7-15-25)19-8-4-3-5-9-19/h3-5,8-13,21,23H,6-7,14-17H2,1-2H3/t21-/m1/s1. The zero-order valence-electron chi connectivity index (χ0n) is 17.0. The SMILES string of the molecule is CNS(=O)(=O)c1ccc(CC(=O)N(C)[C@H](CN2CCCC2)c2ccccc2)cc1. The summed E-state index contributed by atoms with van der Waals surface area (Å²) in [6, 6.07) is 16.6. The molecule has 1 amide bonds. The first kappa shape index (κ1) is 21.5. The topological polar surface area (TPSA) is 69.7 Å². The third-order valence-electron chi connectivity index (χ3n) is 5.53. The van der Waals surface area contributed by atoms with Gasteiger partial charge in [0.2, 0.25) is 15.9 Å². The van der Waals surface area contributed by atoms with E-state index in [0.29, 0.717) is 0 Å². The minimum atomic E-state index is -3.47. The van der Waals surface area contributed by atoms with Crippen LogP contribution in [0.15, 0.2) is 59.5 Å². The first-order valence-corrected chi connectivity index (χ1v) is 11.4. The van der Waals surface area contributed by atoms with Crippen molar-refractivity contribution in [1.82, 2.24) is 14.5 Å². The maximum atomic E-state index is 13.0. The number of benzene rings is 2. The van der Waals surface area contributed by atoms with E-state index in [4.69, 9.17) is 0 Å². The van der Waals surface area contributed by atoms with Gasteiger partial charge >= 0.3 is 0 Å². The highest BCUT2D eigenvalue weighted by atomic mass is 32.2. The van der Waals surface area contributed by atoms with Crippen LogP contribution in [0, 0.1) is 0 Å². The second-order valence-corrected chi connectivity index (χ2v) is 9.35. The molecule has 1 atom stereocenters. The molecule has 0 aliphatic carbocycles. The van der Waals surface area contributed by atoms with Crippen molar-refractivity contribution in [3.8, 4) is 0 Å². The Morgan fingerprint density at radius 3 is 2.28 bits per heavy atom. The first-order chi connectivity index (χ1) is 13.9. The summed E-state index contributed by atoms with van der Waals surface area (Å²) in [4.78, 5) is 17.5. The van der Waals surface area contributed by atoms with E-state index >= 15 is 0 Å². The minimum absolute atomic E-state index is 0.00857. The molecule has 156 valence electrons. The van der Waals surface area contributed by atoms with Crippen molar-refractivity contribution in [3.05, 3.63) is 65.7 Å². The highest BCUT2D eigenvalue weighted by Crippen LogP contribution is 2.24. The fraction of sp³-hybridized carbons (Fsp3) is 0.409. The van der Waals surface area contributed by atoms with E-state index < -0.39 is 10.0 Å². The summed E-state index contributed by atoms with van der Waals surface area (Å²) in [7, 11) is -0.236. The highest BCUT2D eigenvalue weighted by molar-refractivity contribution is 7.89. The highest BCUT2D eigenvalue weighted by Gasteiger charge is 2.25. The lowest BCUT2D eigenvalue weighted by atomic mass is 10.0. The number of hydrogen-bond donors (Lipinski definition) is 1. The van der Waals surface area contributed by atoms with Crippen molar-refractivity contribution >= 4 is 15.9 Å². The normalized spacial score (nSPS) is 15.9. The quantitative estimate of drug-likeness (QED) is 0.719. The second kappa shape index (κ2) is 9.52. The van der Waals surface area contributed by atoms with E-state index in [9.17, 15) is 13.2 Å². The summed E-state index contributed by atoms with van der Waals surface area (Å²) in [6.07, 6.45) is 2.65. The van der Waals surface area contributed by atoms with E-state index in [1.165, 1.54) is 32.0 Å². The van der Waals surface area contributed by atoms with E-state index in [0.717, 1.165) is 30.8 Å². The maximum absolute atomic E-state index is 13.0. The number of amides is 1. The molecule has 3 rings (SSSR count). The van der Waals surface area contributed by atoms with Gasteiger partial charge in [-0.05, 0) is 56.2 Å². The van der Waals surface area contributed by atoms with Gasteiger partial charge < -0.3 is 9.80 Å². The van der Waals surface area contributed by atoms with Crippen molar-refractivity contribution in [1.29, 1.82) is 0 Å². The summed E-state index contributed by atoms with van der Waals surface area (Å²) >= 11 is 0. The number of sulfonamides is 1. The van der Waals surface area contributed by atoms with Crippen LogP contribution in [0.3, 0.4) is 0 Å². The number of nitrogens with one attached hydrogen (secondary N) is 1. The number of likely N-dealkylation sites (tertiary alicyclic amines) is 1. The Morgan fingerprint density at radius 2 is 1.69 bits per heavy atom. The van der Waals surface area contributed by atoms with E-state index in [1.807, 2.05) is 30.1 Å². The lowest BCUT2D eigenvalue weighted by molar-refractivity contribution is -0.131. The third kappa shape index (κ3) is 5.44. The lowest BCUT2D eigenvalue weighted by Gasteiger charge is -2.32. The fourth-order valence-corrected chi connectivity index (χ4v) is 4.44. The summed E-state index contributed by atoms with van der Waals surface area (Å²) in [5.41, 5.74) is 1.93. The Morgan fingerprint density at radius 1 is 1.07 bits per heavy atom. The van der Waals surface area contributed by atoms with E-state index in [1.54, 1.807) is 12.1 Å². The predicted molar refractivity (Wildman–Crippen MR) is 114 cm³/mol. The predicted octanol–water partition coefficient (Wildman–Crippen LogP) is 2.43. The molecule has 0 bridgehead atoms. The molecule has 1 aliphatic rings. The number of rotatable bonds is 8. The summed E-state index contributed by atoms with van der Waals surface area (Å²) in [5.74, 6) is 0.0160. The van der Waals surface area contributed by atoms with Crippen LogP contribution < -0.4 is 4.72 Å². The van der Waals surface area contributed by atoms with Crippen molar-refractivity contribution in [2.24, 2.45) is 0 Å². The molecule has 7 heteroatoms. The largest absolute Gasteiger partial charge is 0.337 e. The molecule has 0 aromatic heterocycles. The molecule has 0 unspecified atom stereocenters. The molecule has 29 heavy (non-hydrogen) atoms. The van der Waals surface area contributed by atoms with Gasteiger partial charge in [0.15, 0.2) is 0 Å². The number of hydrogen-bond acceptors (Lipinski definition) is 4. The number of carbonyl (C=O) groups excluding carboxylic acids is 1. The molecule has 1 fully saturated rings. The molecule has 0 radical (unpaired) electrons. The Kier molecular flexibility index (Phi) is 7.05. The van der Waals surface area contributed by atoms with Gasteiger partial charge in [-0.3, -0.25) is 4.79 Å². The van der Waals surface area contributed by atoms with Gasteiger partial charge in [0, 0.05) is 13.6 Å². The van der Waals surface area contributed by atoms with Crippen LogP contribution in [-0.4, -0.2) is 57.9 Å². The smallest absolute Gasteiger partial charge is 0.240 e. The molecule has 6 nitrogen and oxygen atoms in total. The Labute approximate surface area is 173 Å². The van der Waals surface area contributed by atoms with Crippen LogP contribution in [-0.2, 0) is 21.2 Å². The van der Waals surface area contributed by atoms with Crippen molar-refractivity contribution in [3.63, 3.8) is 0 Å². The number of nitrogens with zero attached hydrogens (tertiary/aromatic N) is 2. The molecule has 1 saturated heterocycles. The molecule has 1 N–H and O–H groups in total. The maximum Gasteiger partial charge on any atom is 0.240 e. The average Bonchev–Trinajstić information content (AvgIpc) is 3.26. The van der Waals surface area contributed by atoms with Crippen molar-refractivity contribution in [2.75, 3.05) is 33.7 Å². The van der Waals surface area contributed by atoms with Crippen molar-refractivity contribution < 1.29 is 13.2 Å². The molecule has 1 aliphatic heterocycles. The van der Waals surface area contributed by atoms with Gasteiger partial charge in [-0.1, -0.05) is 42.5 Å². The Balaban J connectivity index is 1.73. The van der Waals surface area contributed by atoms with Crippen LogP contribution in [0.5, 0.6) is 0 Å². The minimum Gasteiger partial charge on any atom is -0.337 e. The van der Waals surface area contributed by atoms with Crippen LogP contribution in [0.1, 0.15) is 30.0 Å². The molecule has 2 aromatic rings. The number of likely N-dealkylation sites (N-methyl/N-ethyl adjacent to an activating group) is 1. The van der Waals surface area contributed by atoms with Crippen LogP contribution in [0.25, 0.3) is 0 Å². The van der Waals surface area contributed by atoms with E-state index in [-0.39, 0.29) is 23.3 Å². The van der Waals surface area contributed by atoms with Gasteiger partial charge in [-0.25, -0.2) is 13.1 Å². The van der Waals surface area contributed by atoms with Crippen LogP contribution >= 0.6 is 0 Å². The molecule has 2 aromatic carbocycles.